The van der Waals surface area contributed by atoms with E-state index in [1.54, 1.807) is 12.1 Å². The van der Waals surface area contributed by atoms with E-state index in [1.807, 2.05) is 6.07 Å². The number of carbonyl (C=O) groups excluding carboxylic acids is 1. The average molecular weight is 307 g/mol. The molecule has 0 unspecified atom stereocenters. The van der Waals surface area contributed by atoms with Crippen molar-refractivity contribution in [1.29, 1.82) is 0 Å². The van der Waals surface area contributed by atoms with E-state index in [0.717, 1.165) is 38.3 Å². The van der Waals surface area contributed by atoms with Gasteiger partial charge >= 0.3 is 5.97 Å². The van der Waals surface area contributed by atoms with Gasteiger partial charge in [-0.25, -0.2) is 4.79 Å². The molecule has 122 valence electrons. The quantitative estimate of drug-likeness (QED) is 0.497. The molecule has 1 aromatic rings. The van der Waals surface area contributed by atoms with Crippen molar-refractivity contribution < 1.29 is 14.9 Å². The van der Waals surface area contributed by atoms with Crippen LogP contribution < -0.4 is 5.73 Å². The van der Waals surface area contributed by atoms with Crippen molar-refractivity contribution in [3.63, 3.8) is 0 Å². The van der Waals surface area contributed by atoms with Crippen LogP contribution in [0.25, 0.3) is 0 Å². The number of rotatable bonds is 4. The summed E-state index contributed by atoms with van der Waals surface area (Å²) in [6.45, 7) is 9.47. The minimum Gasteiger partial charge on any atom is -0.398 e. The van der Waals surface area contributed by atoms with Crippen molar-refractivity contribution in [1.82, 2.24) is 9.80 Å². The molecule has 1 aliphatic heterocycles. The van der Waals surface area contributed by atoms with Crippen LogP contribution in [0, 0.1) is 0 Å². The third kappa shape index (κ3) is 3.76. The second kappa shape index (κ2) is 6.64. The molecule has 1 fully saturated rings. The molecule has 0 amide bonds. The Balaban J connectivity index is 2.13. The largest absolute Gasteiger partial charge is 0.398 e. The summed E-state index contributed by atoms with van der Waals surface area (Å²) in [5.74, 6) is -0.796. The molecule has 1 heterocycles. The first kappa shape index (κ1) is 16.7. The maximum absolute atomic E-state index is 11.3. The van der Waals surface area contributed by atoms with Gasteiger partial charge in [-0.15, -0.1) is 0 Å². The maximum atomic E-state index is 11.3. The van der Waals surface area contributed by atoms with Crippen LogP contribution in [-0.2, 0) is 10.3 Å². The minimum absolute atomic E-state index is 0.123. The molecule has 0 saturated carbocycles. The summed E-state index contributed by atoms with van der Waals surface area (Å²) in [5, 5.41) is 8.45. The number of likely N-dealkylation sites (N-methyl/N-ethyl adjacent to an activating group) is 1. The second-order valence-electron chi connectivity index (χ2n) is 6.64. The number of hydrogen-bond acceptors (Lipinski definition) is 6. The van der Waals surface area contributed by atoms with Gasteiger partial charge in [0.1, 0.15) is 0 Å². The predicted octanol–water partition coefficient (Wildman–Crippen LogP) is 1.42. The SMILES string of the molecule is CN1CCN(CC(C)(C)c2ccc(C(=O)OO)cc2N)CC1. The highest BCUT2D eigenvalue weighted by atomic mass is 17.1. The highest BCUT2D eigenvalue weighted by Crippen LogP contribution is 2.30. The zero-order chi connectivity index (χ0) is 16.3. The van der Waals surface area contributed by atoms with Gasteiger partial charge in [0.15, 0.2) is 0 Å². The van der Waals surface area contributed by atoms with Gasteiger partial charge in [0.25, 0.3) is 0 Å². The smallest absolute Gasteiger partial charge is 0.372 e. The summed E-state index contributed by atoms with van der Waals surface area (Å²) in [6.07, 6.45) is 0. The molecule has 1 saturated heterocycles. The number of carbonyl (C=O) groups is 1. The monoisotopic (exact) mass is 307 g/mol. The van der Waals surface area contributed by atoms with Crippen LogP contribution in [0.2, 0.25) is 0 Å². The molecule has 22 heavy (non-hydrogen) atoms. The summed E-state index contributed by atoms with van der Waals surface area (Å²) < 4.78 is 0. The zero-order valence-corrected chi connectivity index (χ0v) is 13.5. The lowest BCUT2D eigenvalue weighted by Gasteiger charge is -2.38. The van der Waals surface area contributed by atoms with Gasteiger partial charge in [0, 0.05) is 43.8 Å². The number of piperazine rings is 1. The van der Waals surface area contributed by atoms with Crippen molar-refractivity contribution in [3.05, 3.63) is 29.3 Å². The first-order valence-corrected chi connectivity index (χ1v) is 7.50. The van der Waals surface area contributed by atoms with Crippen molar-refractivity contribution >= 4 is 11.7 Å². The summed E-state index contributed by atoms with van der Waals surface area (Å²) in [6, 6.07) is 5.03. The summed E-state index contributed by atoms with van der Waals surface area (Å²) in [7, 11) is 2.14. The minimum atomic E-state index is -0.796. The molecule has 0 bridgehead atoms. The molecule has 0 radical (unpaired) electrons. The molecular weight excluding hydrogens is 282 g/mol. The molecule has 1 aromatic carbocycles. The lowest BCUT2D eigenvalue weighted by atomic mass is 9.82. The summed E-state index contributed by atoms with van der Waals surface area (Å²) >= 11 is 0. The standard InChI is InChI=1S/C16H25N3O3/c1-16(2,11-19-8-6-18(3)7-9-19)13-5-4-12(10-14(13)17)15(20)22-21/h4-5,10,21H,6-9,11,17H2,1-3H3. The van der Waals surface area contributed by atoms with E-state index in [4.69, 9.17) is 11.0 Å². The van der Waals surface area contributed by atoms with E-state index in [0.29, 0.717) is 5.69 Å². The van der Waals surface area contributed by atoms with Gasteiger partial charge in [-0.3, -0.25) is 9.79 Å². The highest BCUT2D eigenvalue weighted by molar-refractivity contribution is 5.90. The molecule has 6 nitrogen and oxygen atoms in total. The van der Waals surface area contributed by atoms with E-state index >= 15 is 0 Å². The number of nitrogen functional groups attached to an aromatic ring is 1. The van der Waals surface area contributed by atoms with Crippen molar-refractivity contribution in [3.8, 4) is 0 Å². The number of nitrogens with zero attached hydrogens (tertiary/aromatic N) is 2. The van der Waals surface area contributed by atoms with Gasteiger partial charge in [0.05, 0.1) is 5.56 Å². The first-order chi connectivity index (χ1) is 10.3. The topological polar surface area (TPSA) is 79.0 Å². The zero-order valence-electron chi connectivity index (χ0n) is 13.5. The first-order valence-electron chi connectivity index (χ1n) is 7.50. The fourth-order valence-corrected chi connectivity index (χ4v) is 3.01. The predicted molar refractivity (Wildman–Crippen MR) is 85.9 cm³/mol. The lowest BCUT2D eigenvalue weighted by molar-refractivity contribution is -0.182. The lowest BCUT2D eigenvalue weighted by Crippen LogP contribution is -2.48. The Kier molecular flexibility index (Phi) is 5.05. The van der Waals surface area contributed by atoms with Crippen LogP contribution in [0.4, 0.5) is 5.69 Å². The van der Waals surface area contributed by atoms with Crippen LogP contribution in [0.15, 0.2) is 18.2 Å². The van der Waals surface area contributed by atoms with E-state index in [9.17, 15) is 4.79 Å². The fourth-order valence-electron chi connectivity index (χ4n) is 3.01. The number of benzene rings is 1. The fraction of sp³-hybridized carbons (Fsp3) is 0.562. The molecule has 0 aliphatic carbocycles. The molecule has 6 heteroatoms. The molecule has 0 spiro atoms. The summed E-state index contributed by atoms with van der Waals surface area (Å²) in [4.78, 5) is 19.8. The van der Waals surface area contributed by atoms with E-state index < -0.39 is 5.97 Å². The number of nitrogens with two attached hydrogens (primary N) is 1. The van der Waals surface area contributed by atoms with Crippen LogP contribution >= 0.6 is 0 Å². The molecule has 0 aromatic heterocycles. The van der Waals surface area contributed by atoms with Gasteiger partial charge in [0.2, 0.25) is 0 Å². The maximum Gasteiger partial charge on any atom is 0.372 e. The van der Waals surface area contributed by atoms with Gasteiger partial charge in [-0.05, 0) is 24.7 Å². The number of hydrogen-bond donors (Lipinski definition) is 2. The Morgan fingerprint density at radius 3 is 2.50 bits per heavy atom. The Bertz CT molecular complexity index is 537. The third-order valence-corrected chi connectivity index (χ3v) is 4.31. The van der Waals surface area contributed by atoms with Gasteiger partial charge in [-0.1, -0.05) is 19.9 Å². The molecule has 0 atom stereocenters. The second-order valence-corrected chi connectivity index (χ2v) is 6.64. The highest BCUT2D eigenvalue weighted by Gasteiger charge is 2.28. The Morgan fingerprint density at radius 2 is 1.95 bits per heavy atom. The van der Waals surface area contributed by atoms with Crippen molar-refractivity contribution in [2.75, 3.05) is 45.5 Å². The molecule has 1 aliphatic rings. The van der Waals surface area contributed by atoms with E-state index in [2.05, 4.69) is 35.6 Å². The Hall–Kier alpha value is -1.63. The van der Waals surface area contributed by atoms with Crippen LogP contribution in [0.5, 0.6) is 0 Å². The van der Waals surface area contributed by atoms with Crippen molar-refractivity contribution in [2.45, 2.75) is 19.3 Å². The van der Waals surface area contributed by atoms with E-state index in [1.165, 1.54) is 0 Å². The van der Waals surface area contributed by atoms with Crippen molar-refractivity contribution in [2.24, 2.45) is 0 Å². The van der Waals surface area contributed by atoms with E-state index in [-0.39, 0.29) is 11.0 Å². The Labute approximate surface area is 131 Å². The van der Waals surface area contributed by atoms with Crippen LogP contribution in [-0.4, -0.2) is 60.8 Å². The Morgan fingerprint density at radius 1 is 1.32 bits per heavy atom. The van der Waals surface area contributed by atoms with Crippen LogP contribution in [0.3, 0.4) is 0 Å². The third-order valence-electron chi connectivity index (χ3n) is 4.31. The normalized spacial score (nSPS) is 17.5. The molecule has 2 rings (SSSR count). The molecule has 3 N–H and O–H groups in total. The van der Waals surface area contributed by atoms with Gasteiger partial charge < -0.3 is 10.6 Å². The summed E-state index contributed by atoms with van der Waals surface area (Å²) in [5.41, 5.74) is 7.78. The number of anilines is 1. The average Bonchev–Trinajstić information content (AvgIpc) is 2.48. The molecular formula is C16H25N3O3. The van der Waals surface area contributed by atoms with Crippen LogP contribution in [0.1, 0.15) is 29.8 Å². The van der Waals surface area contributed by atoms with Gasteiger partial charge in [-0.2, -0.15) is 5.26 Å².